The van der Waals surface area contributed by atoms with Crippen molar-refractivity contribution < 1.29 is 14.4 Å². The Hall–Kier alpha value is -3.13. The van der Waals surface area contributed by atoms with Gasteiger partial charge in [0.1, 0.15) is 12.3 Å². The molecule has 2 atom stereocenters. The standard InChI is InChI=1S/C22H22N4O3S/c1-14-6-7-16-17(11-25(19(16)9-14)22(29)24(2)3)21(28)18-13-30-26(20(18)12-27)15-5-4-8-23-10-15/h4-12,18,20H,13H2,1-3H3. The molecular weight excluding hydrogens is 400 g/mol. The average Bonchev–Trinajstić information content (AvgIpc) is 3.34. The number of hydrogen-bond donors (Lipinski definition) is 0. The predicted octanol–water partition coefficient (Wildman–Crippen LogP) is 3.41. The third-order valence-electron chi connectivity index (χ3n) is 5.27. The number of aldehydes is 1. The number of hydrogen-bond acceptors (Lipinski definition) is 6. The van der Waals surface area contributed by atoms with Gasteiger partial charge >= 0.3 is 6.03 Å². The highest BCUT2D eigenvalue weighted by molar-refractivity contribution is 8.01. The number of carbonyl (C=O) groups excluding carboxylic acids is 3. The van der Waals surface area contributed by atoms with E-state index >= 15 is 0 Å². The average molecular weight is 423 g/mol. The summed E-state index contributed by atoms with van der Waals surface area (Å²) in [6, 6.07) is 8.54. The Balaban J connectivity index is 1.75. The van der Waals surface area contributed by atoms with Crippen LogP contribution in [0.15, 0.2) is 48.9 Å². The number of aryl methyl sites for hydroxylation is 1. The second kappa shape index (κ2) is 7.95. The normalized spacial score (nSPS) is 18.6. The first kappa shape index (κ1) is 20.2. The number of amides is 1. The lowest BCUT2D eigenvalue weighted by molar-refractivity contribution is -0.109. The SMILES string of the molecule is Cc1ccc2c(C(=O)C3CSN(c4cccnc4)C3C=O)cn(C(=O)N(C)C)c2c1. The zero-order valence-electron chi connectivity index (χ0n) is 17.0. The first-order chi connectivity index (χ1) is 14.4. The van der Waals surface area contributed by atoms with Crippen LogP contribution in [0.4, 0.5) is 10.5 Å². The quantitative estimate of drug-likeness (QED) is 0.364. The molecular formula is C22H22N4O3S. The van der Waals surface area contributed by atoms with Gasteiger partial charge in [0, 0.05) is 43.2 Å². The first-order valence-corrected chi connectivity index (χ1v) is 10.5. The predicted molar refractivity (Wildman–Crippen MR) is 118 cm³/mol. The van der Waals surface area contributed by atoms with Crippen LogP contribution in [0, 0.1) is 12.8 Å². The second-order valence-corrected chi connectivity index (χ2v) is 8.53. The highest BCUT2D eigenvalue weighted by Crippen LogP contribution is 2.38. The van der Waals surface area contributed by atoms with E-state index in [0.29, 0.717) is 16.8 Å². The topological polar surface area (TPSA) is 75.5 Å². The Kier molecular flexibility index (Phi) is 5.34. The van der Waals surface area contributed by atoms with Gasteiger partial charge in [0.2, 0.25) is 0 Å². The number of nitrogens with zero attached hydrogens (tertiary/aromatic N) is 4. The van der Waals surface area contributed by atoms with Gasteiger partial charge < -0.3 is 14.0 Å². The van der Waals surface area contributed by atoms with E-state index in [0.717, 1.165) is 22.9 Å². The minimum Gasteiger partial charge on any atom is -0.330 e. The molecule has 0 radical (unpaired) electrons. The van der Waals surface area contributed by atoms with Gasteiger partial charge in [-0.15, -0.1) is 0 Å². The smallest absolute Gasteiger partial charge is 0.328 e. The summed E-state index contributed by atoms with van der Waals surface area (Å²) in [6.07, 6.45) is 5.78. The van der Waals surface area contributed by atoms with Crippen molar-refractivity contribution in [1.82, 2.24) is 14.5 Å². The molecule has 1 fully saturated rings. The van der Waals surface area contributed by atoms with Gasteiger partial charge in [0.15, 0.2) is 5.78 Å². The summed E-state index contributed by atoms with van der Waals surface area (Å²) in [7, 11) is 3.35. The molecule has 154 valence electrons. The molecule has 1 aliphatic heterocycles. The summed E-state index contributed by atoms with van der Waals surface area (Å²) < 4.78 is 3.35. The lowest BCUT2D eigenvalue weighted by Gasteiger charge is -2.22. The molecule has 0 N–H and O–H groups in total. The van der Waals surface area contributed by atoms with E-state index in [4.69, 9.17) is 0 Å². The number of benzene rings is 1. The van der Waals surface area contributed by atoms with Crippen LogP contribution in [-0.4, -0.2) is 58.4 Å². The molecule has 3 aromatic rings. The summed E-state index contributed by atoms with van der Waals surface area (Å²) >= 11 is 1.44. The van der Waals surface area contributed by atoms with E-state index in [1.54, 1.807) is 38.8 Å². The van der Waals surface area contributed by atoms with Crippen molar-refractivity contribution in [3.63, 3.8) is 0 Å². The molecule has 1 amide bonds. The van der Waals surface area contributed by atoms with Gasteiger partial charge in [-0.3, -0.25) is 14.3 Å². The molecule has 8 heteroatoms. The number of aromatic nitrogens is 2. The molecule has 0 bridgehead atoms. The highest BCUT2D eigenvalue weighted by atomic mass is 32.2. The lowest BCUT2D eigenvalue weighted by Crippen LogP contribution is -2.35. The Morgan fingerprint density at radius 3 is 2.73 bits per heavy atom. The van der Waals surface area contributed by atoms with Crippen LogP contribution in [0.2, 0.25) is 0 Å². The maximum absolute atomic E-state index is 13.5. The Bertz CT molecular complexity index is 1130. The van der Waals surface area contributed by atoms with Gasteiger partial charge in [-0.1, -0.05) is 12.1 Å². The van der Waals surface area contributed by atoms with Crippen LogP contribution in [0.1, 0.15) is 15.9 Å². The fraction of sp³-hybridized carbons (Fsp3) is 0.273. The third kappa shape index (κ3) is 3.37. The van der Waals surface area contributed by atoms with Gasteiger partial charge in [-0.2, -0.15) is 0 Å². The maximum Gasteiger partial charge on any atom is 0.328 e. The molecule has 7 nitrogen and oxygen atoms in total. The number of Topliss-reactive ketones (excluding diaryl/α,β-unsaturated/α-hetero) is 1. The van der Waals surface area contributed by atoms with Crippen LogP contribution in [-0.2, 0) is 4.79 Å². The summed E-state index contributed by atoms with van der Waals surface area (Å²) in [5.74, 6) is -0.162. The molecule has 2 unspecified atom stereocenters. The van der Waals surface area contributed by atoms with E-state index in [9.17, 15) is 14.4 Å². The number of carbonyl (C=O) groups is 3. The van der Waals surface area contributed by atoms with Crippen LogP contribution in [0.25, 0.3) is 10.9 Å². The molecule has 30 heavy (non-hydrogen) atoms. The largest absolute Gasteiger partial charge is 0.330 e. The van der Waals surface area contributed by atoms with Crippen molar-refractivity contribution in [3.05, 3.63) is 60.0 Å². The van der Waals surface area contributed by atoms with E-state index in [-0.39, 0.29) is 11.8 Å². The van der Waals surface area contributed by atoms with Gasteiger partial charge in [-0.25, -0.2) is 4.79 Å². The van der Waals surface area contributed by atoms with Crippen molar-refractivity contribution >= 4 is 46.6 Å². The third-order valence-corrected chi connectivity index (χ3v) is 6.51. The van der Waals surface area contributed by atoms with Crippen molar-refractivity contribution in [2.75, 3.05) is 24.2 Å². The Morgan fingerprint density at radius 1 is 1.27 bits per heavy atom. The van der Waals surface area contributed by atoms with Gasteiger partial charge in [-0.05, 0) is 42.6 Å². The van der Waals surface area contributed by atoms with Crippen molar-refractivity contribution in [3.8, 4) is 0 Å². The van der Waals surface area contributed by atoms with E-state index < -0.39 is 12.0 Å². The number of pyridine rings is 1. The molecule has 4 rings (SSSR count). The van der Waals surface area contributed by atoms with Crippen LogP contribution < -0.4 is 4.31 Å². The molecule has 2 aromatic heterocycles. The van der Waals surface area contributed by atoms with E-state index in [2.05, 4.69) is 4.98 Å². The van der Waals surface area contributed by atoms with E-state index in [1.807, 2.05) is 35.5 Å². The summed E-state index contributed by atoms with van der Waals surface area (Å²) in [5, 5.41) is 0.718. The monoisotopic (exact) mass is 422 g/mol. The number of ketones is 1. The van der Waals surface area contributed by atoms with Crippen LogP contribution in [0.3, 0.4) is 0 Å². The maximum atomic E-state index is 13.5. The van der Waals surface area contributed by atoms with Crippen LogP contribution in [0.5, 0.6) is 0 Å². The van der Waals surface area contributed by atoms with Crippen LogP contribution >= 0.6 is 11.9 Å². The van der Waals surface area contributed by atoms with Crippen molar-refractivity contribution in [1.29, 1.82) is 0 Å². The van der Waals surface area contributed by atoms with Crippen molar-refractivity contribution in [2.45, 2.75) is 13.0 Å². The molecule has 1 aliphatic rings. The fourth-order valence-corrected chi connectivity index (χ4v) is 5.02. The molecule has 1 saturated heterocycles. The Morgan fingerprint density at radius 2 is 2.07 bits per heavy atom. The van der Waals surface area contributed by atoms with Crippen molar-refractivity contribution in [2.24, 2.45) is 5.92 Å². The summed E-state index contributed by atoms with van der Waals surface area (Å²) in [6.45, 7) is 1.94. The minimum absolute atomic E-state index is 0.134. The second-order valence-electron chi connectivity index (χ2n) is 7.54. The summed E-state index contributed by atoms with van der Waals surface area (Å²) in [4.78, 5) is 43.8. The number of anilines is 1. The molecule has 1 aromatic carbocycles. The highest BCUT2D eigenvalue weighted by Gasteiger charge is 2.41. The van der Waals surface area contributed by atoms with E-state index in [1.165, 1.54) is 21.4 Å². The first-order valence-electron chi connectivity index (χ1n) is 9.57. The molecule has 0 spiro atoms. The minimum atomic E-state index is -0.597. The molecule has 0 aliphatic carbocycles. The van der Waals surface area contributed by atoms with Gasteiger partial charge in [0.05, 0.1) is 23.3 Å². The zero-order valence-corrected chi connectivity index (χ0v) is 17.8. The molecule has 0 saturated carbocycles. The fourth-order valence-electron chi connectivity index (χ4n) is 3.73. The zero-order chi connectivity index (χ0) is 21.4. The summed E-state index contributed by atoms with van der Waals surface area (Å²) in [5.41, 5.74) is 2.94. The van der Waals surface area contributed by atoms with Gasteiger partial charge in [0.25, 0.3) is 0 Å². The molecule has 3 heterocycles. The number of fused-ring (bicyclic) bond motifs is 1. The Labute approximate surface area is 178 Å². The number of rotatable bonds is 4. The lowest BCUT2D eigenvalue weighted by atomic mass is 9.92.